The minimum atomic E-state index is -4.38. The quantitative estimate of drug-likeness (QED) is 0.681. The summed E-state index contributed by atoms with van der Waals surface area (Å²) in [6.45, 7) is 1.12. The molecule has 2 aromatic rings. The number of furan rings is 1. The minimum Gasteiger partial charge on any atom is -0.447 e. The van der Waals surface area contributed by atoms with E-state index in [0.717, 1.165) is 6.26 Å². The first kappa shape index (κ1) is 9.50. The highest BCUT2D eigenvalue weighted by atomic mass is 19.4. The molecule has 0 amide bonds. The summed E-state index contributed by atoms with van der Waals surface area (Å²) >= 11 is 0. The number of fused-ring (bicyclic) bond motifs is 3. The van der Waals surface area contributed by atoms with Crippen molar-refractivity contribution in [2.75, 3.05) is 6.54 Å². The monoisotopic (exact) mass is 228 g/mol. The van der Waals surface area contributed by atoms with Crippen molar-refractivity contribution in [3.8, 4) is 0 Å². The molecule has 1 aliphatic rings. The molecule has 16 heavy (non-hydrogen) atoms. The number of alkyl halides is 3. The summed E-state index contributed by atoms with van der Waals surface area (Å²) in [5.41, 5.74) is 0.206. The Bertz CT molecular complexity index is 577. The van der Waals surface area contributed by atoms with Gasteiger partial charge in [0.25, 0.3) is 0 Å². The van der Waals surface area contributed by atoms with Crippen molar-refractivity contribution < 1.29 is 17.6 Å². The van der Waals surface area contributed by atoms with E-state index in [4.69, 9.17) is 4.42 Å². The molecule has 0 N–H and O–H groups in total. The first-order valence-corrected chi connectivity index (χ1v) is 4.75. The highest BCUT2D eigenvalue weighted by Gasteiger charge is 2.36. The molecule has 0 bridgehead atoms. The first-order valence-electron chi connectivity index (χ1n) is 4.75. The normalized spacial score (nSPS) is 15.7. The first-order chi connectivity index (χ1) is 7.57. The van der Waals surface area contributed by atoms with Gasteiger partial charge in [-0.2, -0.15) is 13.2 Å². The van der Waals surface area contributed by atoms with Gasteiger partial charge in [0.2, 0.25) is 5.71 Å². The predicted molar refractivity (Wildman–Crippen MR) is 51.7 cm³/mol. The molecule has 6 heteroatoms. The topological polar surface area (TPSA) is 30.4 Å². The smallest absolute Gasteiger partial charge is 0.420 e. The van der Waals surface area contributed by atoms with Crippen molar-refractivity contribution >= 4 is 17.3 Å². The highest BCUT2D eigenvalue weighted by Crippen LogP contribution is 2.37. The lowest BCUT2D eigenvalue weighted by Crippen LogP contribution is -2.09. The second-order valence-corrected chi connectivity index (χ2v) is 3.62. The Labute approximate surface area is 88.2 Å². The molecule has 0 saturated carbocycles. The van der Waals surface area contributed by atoms with Crippen LogP contribution in [0.15, 0.2) is 21.7 Å². The van der Waals surface area contributed by atoms with Crippen LogP contribution in [0.25, 0.3) is 11.1 Å². The predicted octanol–water partition coefficient (Wildman–Crippen LogP) is 2.69. The van der Waals surface area contributed by atoms with Crippen molar-refractivity contribution in [3.05, 3.63) is 23.6 Å². The molecule has 0 aromatic carbocycles. The van der Waals surface area contributed by atoms with Gasteiger partial charge in [0.1, 0.15) is 11.8 Å². The largest absolute Gasteiger partial charge is 0.447 e. The third-order valence-electron chi connectivity index (χ3n) is 2.64. The summed E-state index contributed by atoms with van der Waals surface area (Å²) < 4.78 is 44.5. The SMILES string of the molecule is FC(F)(F)c1coc2c1cc1n2CCN=C1. The van der Waals surface area contributed by atoms with E-state index in [1.54, 1.807) is 10.8 Å². The summed E-state index contributed by atoms with van der Waals surface area (Å²) in [4.78, 5) is 4.02. The molecule has 3 heterocycles. The van der Waals surface area contributed by atoms with Crippen LogP contribution in [0.2, 0.25) is 0 Å². The Morgan fingerprint density at radius 2 is 2.19 bits per heavy atom. The van der Waals surface area contributed by atoms with Crippen LogP contribution < -0.4 is 0 Å². The maximum atomic E-state index is 12.6. The van der Waals surface area contributed by atoms with E-state index < -0.39 is 11.7 Å². The molecule has 0 spiro atoms. The third-order valence-corrected chi connectivity index (χ3v) is 2.64. The lowest BCUT2D eigenvalue weighted by atomic mass is 10.2. The van der Waals surface area contributed by atoms with Crippen LogP contribution in [0, 0.1) is 0 Å². The Kier molecular flexibility index (Phi) is 1.72. The lowest BCUT2D eigenvalue weighted by Gasteiger charge is -2.07. The molecule has 3 rings (SSSR count). The van der Waals surface area contributed by atoms with Gasteiger partial charge in [-0.1, -0.05) is 0 Å². The zero-order chi connectivity index (χ0) is 11.3. The maximum Gasteiger partial charge on any atom is 0.420 e. The van der Waals surface area contributed by atoms with E-state index in [2.05, 4.69) is 4.99 Å². The van der Waals surface area contributed by atoms with Crippen molar-refractivity contribution in [1.29, 1.82) is 0 Å². The van der Waals surface area contributed by atoms with E-state index in [9.17, 15) is 13.2 Å². The fourth-order valence-electron chi connectivity index (χ4n) is 1.92. The summed E-state index contributed by atoms with van der Waals surface area (Å²) in [7, 11) is 0. The third kappa shape index (κ3) is 1.19. The Morgan fingerprint density at radius 3 is 2.94 bits per heavy atom. The average molecular weight is 228 g/mol. The Morgan fingerprint density at radius 1 is 1.38 bits per heavy atom. The van der Waals surface area contributed by atoms with Crippen LogP contribution in [0.5, 0.6) is 0 Å². The number of rotatable bonds is 0. The fraction of sp³-hybridized carbons (Fsp3) is 0.300. The van der Waals surface area contributed by atoms with Crippen LogP contribution in [0.1, 0.15) is 11.3 Å². The molecular weight excluding hydrogens is 221 g/mol. The molecule has 1 aliphatic heterocycles. The average Bonchev–Trinajstić information content (AvgIpc) is 2.73. The molecule has 0 atom stereocenters. The van der Waals surface area contributed by atoms with Gasteiger partial charge < -0.3 is 8.98 Å². The second-order valence-electron chi connectivity index (χ2n) is 3.62. The van der Waals surface area contributed by atoms with E-state index in [-0.39, 0.29) is 11.1 Å². The van der Waals surface area contributed by atoms with Gasteiger partial charge in [-0.15, -0.1) is 0 Å². The second kappa shape index (κ2) is 2.90. The van der Waals surface area contributed by atoms with E-state index in [1.165, 1.54) is 6.07 Å². The molecule has 84 valence electrons. The maximum absolute atomic E-state index is 12.6. The van der Waals surface area contributed by atoms with E-state index >= 15 is 0 Å². The fourth-order valence-corrected chi connectivity index (χ4v) is 1.92. The van der Waals surface area contributed by atoms with Gasteiger partial charge in [-0.3, -0.25) is 4.99 Å². The molecule has 0 fully saturated rings. The summed E-state index contributed by atoms with van der Waals surface area (Å²) in [6.07, 6.45) is -2.04. The van der Waals surface area contributed by atoms with Gasteiger partial charge in [0, 0.05) is 12.8 Å². The number of aromatic nitrogens is 1. The van der Waals surface area contributed by atoms with E-state index in [1.807, 2.05) is 0 Å². The van der Waals surface area contributed by atoms with Crippen molar-refractivity contribution in [1.82, 2.24) is 4.57 Å². The standard InChI is InChI=1S/C10H7F3N2O/c11-10(12,13)8-5-16-9-7(8)3-6-4-14-1-2-15(6)9/h3-5H,1-2H2. The summed E-state index contributed by atoms with van der Waals surface area (Å²) in [6, 6.07) is 1.46. The molecule has 3 nitrogen and oxygen atoms in total. The van der Waals surface area contributed by atoms with Gasteiger partial charge >= 0.3 is 6.18 Å². The van der Waals surface area contributed by atoms with E-state index in [0.29, 0.717) is 18.8 Å². The van der Waals surface area contributed by atoms with Crippen LogP contribution in [0.3, 0.4) is 0 Å². The zero-order valence-electron chi connectivity index (χ0n) is 8.08. The molecule has 0 unspecified atom stereocenters. The number of hydrogen-bond acceptors (Lipinski definition) is 2. The van der Waals surface area contributed by atoms with Crippen molar-refractivity contribution in [2.24, 2.45) is 4.99 Å². The Hall–Kier alpha value is -1.72. The van der Waals surface area contributed by atoms with Crippen LogP contribution in [-0.4, -0.2) is 17.3 Å². The molecule has 2 aromatic heterocycles. The summed E-state index contributed by atoms with van der Waals surface area (Å²) in [5.74, 6) is 0. The number of hydrogen-bond donors (Lipinski definition) is 0. The molecule has 0 aliphatic carbocycles. The molecule has 0 radical (unpaired) electrons. The van der Waals surface area contributed by atoms with Crippen molar-refractivity contribution in [3.63, 3.8) is 0 Å². The van der Waals surface area contributed by atoms with Crippen LogP contribution in [-0.2, 0) is 12.7 Å². The van der Waals surface area contributed by atoms with Gasteiger partial charge in [0.05, 0.1) is 17.6 Å². The van der Waals surface area contributed by atoms with Gasteiger partial charge in [-0.05, 0) is 6.07 Å². The minimum absolute atomic E-state index is 0.107. The zero-order valence-corrected chi connectivity index (χ0v) is 8.08. The molecular formula is C10H7F3N2O. The highest BCUT2D eigenvalue weighted by molar-refractivity contribution is 5.90. The summed E-state index contributed by atoms with van der Waals surface area (Å²) in [5, 5.41) is 0.107. The number of nitrogens with zero attached hydrogens (tertiary/aromatic N) is 2. The van der Waals surface area contributed by atoms with Gasteiger partial charge in [-0.25, -0.2) is 0 Å². The number of aliphatic imine (C=N–C) groups is 1. The Balaban J connectivity index is 2.29. The lowest BCUT2D eigenvalue weighted by molar-refractivity contribution is -0.136. The van der Waals surface area contributed by atoms with Crippen molar-refractivity contribution in [2.45, 2.75) is 12.7 Å². The van der Waals surface area contributed by atoms with Crippen LogP contribution in [0.4, 0.5) is 13.2 Å². The number of halogens is 3. The molecule has 0 saturated heterocycles. The van der Waals surface area contributed by atoms with Gasteiger partial charge in [0.15, 0.2) is 0 Å². The van der Waals surface area contributed by atoms with Crippen LogP contribution >= 0.6 is 0 Å².